The van der Waals surface area contributed by atoms with Gasteiger partial charge in [-0.05, 0) is 18.2 Å². The van der Waals surface area contributed by atoms with Crippen molar-refractivity contribution < 1.29 is 13.9 Å². The topological polar surface area (TPSA) is 42.1 Å². The van der Waals surface area contributed by atoms with Crippen molar-refractivity contribution in [3.63, 3.8) is 0 Å². The summed E-state index contributed by atoms with van der Waals surface area (Å²) in [5, 5.41) is 0. The molecule has 2 aromatic rings. The summed E-state index contributed by atoms with van der Waals surface area (Å²) in [5.74, 6) is -1.01. The molecule has 0 aliphatic heterocycles. The first-order valence-corrected chi connectivity index (χ1v) is 4.37. The number of hydrogen-bond acceptors (Lipinski definition) is 2. The summed E-state index contributed by atoms with van der Waals surface area (Å²) in [4.78, 5) is 14.1. The van der Waals surface area contributed by atoms with Crippen LogP contribution in [0.25, 0.3) is 0 Å². The molecule has 4 heteroatoms. The number of rotatable bonds is 2. The van der Waals surface area contributed by atoms with Gasteiger partial charge in [0.25, 0.3) is 0 Å². The molecule has 2 rings (SSSR count). The fraction of sp³-hybridized carbons (Fsp3) is 0. The molecule has 0 atom stereocenters. The monoisotopic (exact) mass is 205 g/mol. The first-order chi connectivity index (χ1) is 7.27. The zero-order valence-electron chi connectivity index (χ0n) is 7.74. The fourth-order valence-electron chi connectivity index (χ4n) is 1.16. The molecule has 0 saturated heterocycles. The van der Waals surface area contributed by atoms with Gasteiger partial charge in [0.1, 0.15) is 5.82 Å². The van der Waals surface area contributed by atoms with Crippen LogP contribution in [0.5, 0.6) is 5.88 Å². The van der Waals surface area contributed by atoms with Gasteiger partial charge in [-0.15, -0.1) is 0 Å². The number of carbonyl (C=O) groups excluding carboxylic acids is 1. The van der Waals surface area contributed by atoms with E-state index in [1.165, 1.54) is 18.2 Å². The van der Waals surface area contributed by atoms with Gasteiger partial charge in [0.2, 0.25) is 5.88 Å². The number of benzene rings is 1. The highest BCUT2D eigenvalue weighted by Crippen LogP contribution is 2.11. The number of H-pyrrole nitrogens is 1. The largest absolute Gasteiger partial charge is 0.406 e. The molecule has 1 N–H and O–H groups in total. The van der Waals surface area contributed by atoms with E-state index in [9.17, 15) is 9.18 Å². The van der Waals surface area contributed by atoms with Crippen LogP contribution in [0.1, 0.15) is 10.4 Å². The number of ether oxygens (including phenoxy) is 1. The van der Waals surface area contributed by atoms with Crippen molar-refractivity contribution in [2.24, 2.45) is 0 Å². The van der Waals surface area contributed by atoms with Gasteiger partial charge in [-0.3, -0.25) is 0 Å². The van der Waals surface area contributed by atoms with Gasteiger partial charge in [-0.25, -0.2) is 9.18 Å². The Morgan fingerprint density at radius 2 is 2.00 bits per heavy atom. The lowest BCUT2D eigenvalue weighted by molar-refractivity contribution is 0.0723. The molecule has 1 aromatic heterocycles. The molecule has 15 heavy (non-hydrogen) atoms. The van der Waals surface area contributed by atoms with Gasteiger partial charge in [0, 0.05) is 12.3 Å². The molecule has 0 amide bonds. The van der Waals surface area contributed by atoms with E-state index in [1.54, 1.807) is 24.4 Å². The van der Waals surface area contributed by atoms with Gasteiger partial charge < -0.3 is 9.72 Å². The maximum absolute atomic E-state index is 13.2. The Labute approximate surface area is 85.5 Å². The second-order valence-corrected chi connectivity index (χ2v) is 2.90. The molecule has 0 radical (unpaired) electrons. The highest BCUT2D eigenvalue weighted by molar-refractivity contribution is 5.91. The first kappa shape index (κ1) is 9.45. The van der Waals surface area contributed by atoms with E-state index in [0.29, 0.717) is 5.88 Å². The summed E-state index contributed by atoms with van der Waals surface area (Å²) in [5.41, 5.74) is -0.0768. The predicted molar refractivity (Wildman–Crippen MR) is 52.2 cm³/mol. The summed E-state index contributed by atoms with van der Waals surface area (Å²) in [6.07, 6.45) is 1.62. The Morgan fingerprint density at radius 3 is 2.67 bits per heavy atom. The summed E-state index contributed by atoms with van der Waals surface area (Å²) in [7, 11) is 0. The van der Waals surface area contributed by atoms with Gasteiger partial charge in [0.05, 0.1) is 5.56 Å². The Bertz CT molecular complexity index is 465. The van der Waals surface area contributed by atoms with E-state index in [4.69, 9.17) is 4.74 Å². The van der Waals surface area contributed by atoms with E-state index in [-0.39, 0.29) is 5.56 Å². The van der Waals surface area contributed by atoms with Crippen molar-refractivity contribution in [2.45, 2.75) is 0 Å². The molecular weight excluding hydrogens is 197 g/mol. The number of aromatic amines is 1. The lowest BCUT2D eigenvalue weighted by atomic mass is 10.2. The van der Waals surface area contributed by atoms with Crippen LogP contribution in [-0.2, 0) is 0 Å². The smallest absolute Gasteiger partial charge is 0.347 e. The summed E-state index contributed by atoms with van der Waals surface area (Å²) < 4.78 is 18.0. The third-order valence-electron chi connectivity index (χ3n) is 1.87. The van der Waals surface area contributed by atoms with Crippen LogP contribution in [0.3, 0.4) is 0 Å². The third kappa shape index (κ3) is 2.04. The Kier molecular flexibility index (Phi) is 2.49. The minimum atomic E-state index is -0.712. The second kappa shape index (κ2) is 3.96. The molecule has 1 aromatic carbocycles. The van der Waals surface area contributed by atoms with Crippen molar-refractivity contribution in [3.8, 4) is 5.88 Å². The molecule has 0 fully saturated rings. The van der Waals surface area contributed by atoms with Crippen molar-refractivity contribution in [1.82, 2.24) is 4.98 Å². The lowest BCUT2D eigenvalue weighted by Gasteiger charge is -2.02. The summed E-state index contributed by atoms with van der Waals surface area (Å²) in [6, 6.07) is 8.95. The zero-order valence-corrected chi connectivity index (χ0v) is 7.74. The average Bonchev–Trinajstić information content (AvgIpc) is 2.71. The quantitative estimate of drug-likeness (QED) is 0.765. The molecule has 0 aliphatic rings. The summed E-state index contributed by atoms with van der Waals surface area (Å²) in [6.45, 7) is 0. The highest BCUT2D eigenvalue weighted by atomic mass is 19.1. The minimum absolute atomic E-state index is 0.0768. The van der Waals surface area contributed by atoms with Crippen molar-refractivity contribution >= 4 is 5.97 Å². The molecule has 1 heterocycles. The Balaban J connectivity index is 2.19. The van der Waals surface area contributed by atoms with Gasteiger partial charge in [-0.1, -0.05) is 12.1 Å². The molecule has 0 unspecified atom stereocenters. The molecule has 76 valence electrons. The van der Waals surface area contributed by atoms with Crippen LogP contribution in [-0.4, -0.2) is 11.0 Å². The molecule has 3 nitrogen and oxygen atoms in total. The summed E-state index contributed by atoms with van der Waals surface area (Å²) >= 11 is 0. The first-order valence-electron chi connectivity index (χ1n) is 4.37. The number of esters is 1. The van der Waals surface area contributed by atoms with Crippen molar-refractivity contribution in [2.75, 3.05) is 0 Å². The molecular formula is C11H8FNO2. The highest BCUT2D eigenvalue weighted by Gasteiger charge is 2.13. The molecule has 0 aliphatic carbocycles. The number of nitrogens with one attached hydrogen (secondary N) is 1. The van der Waals surface area contributed by atoms with Gasteiger partial charge in [-0.2, -0.15) is 0 Å². The van der Waals surface area contributed by atoms with E-state index in [2.05, 4.69) is 4.98 Å². The van der Waals surface area contributed by atoms with E-state index >= 15 is 0 Å². The number of hydrogen-bond donors (Lipinski definition) is 1. The fourth-order valence-corrected chi connectivity index (χ4v) is 1.16. The average molecular weight is 205 g/mol. The minimum Gasteiger partial charge on any atom is -0.406 e. The van der Waals surface area contributed by atoms with E-state index in [1.807, 2.05) is 0 Å². The van der Waals surface area contributed by atoms with Crippen LogP contribution < -0.4 is 4.74 Å². The normalized spacial score (nSPS) is 9.93. The number of halogens is 1. The van der Waals surface area contributed by atoms with E-state index in [0.717, 1.165) is 0 Å². The van der Waals surface area contributed by atoms with Crippen molar-refractivity contribution in [1.29, 1.82) is 0 Å². The van der Waals surface area contributed by atoms with Crippen LogP contribution in [0.2, 0.25) is 0 Å². The number of aromatic nitrogens is 1. The van der Waals surface area contributed by atoms with Crippen molar-refractivity contribution in [3.05, 3.63) is 54.0 Å². The second-order valence-electron chi connectivity index (χ2n) is 2.90. The van der Waals surface area contributed by atoms with Crippen LogP contribution in [0.4, 0.5) is 4.39 Å². The Hall–Kier alpha value is -2.10. The Morgan fingerprint density at radius 1 is 1.20 bits per heavy atom. The molecule has 0 saturated carbocycles. The molecule has 0 bridgehead atoms. The standard InChI is InChI=1S/C11H8FNO2/c12-9-5-2-1-4-8(9)11(14)15-10-6-3-7-13-10/h1-7,13H. The van der Waals surface area contributed by atoms with Gasteiger partial charge >= 0.3 is 5.97 Å². The van der Waals surface area contributed by atoms with Crippen LogP contribution in [0, 0.1) is 5.82 Å². The number of carbonyl (C=O) groups is 1. The zero-order chi connectivity index (χ0) is 10.7. The maximum Gasteiger partial charge on any atom is 0.347 e. The SMILES string of the molecule is O=C(Oc1ccc[nH]1)c1ccccc1F. The predicted octanol–water partition coefficient (Wildman–Crippen LogP) is 2.37. The van der Waals surface area contributed by atoms with Gasteiger partial charge in [0.15, 0.2) is 0 Å². The molecule has 0 spiro atoms. The van der Waals surface area contributed by atoms with Crippen LogP contribution >= 0.6 is 0 Å². The van der Waals surface area contributed by atoms with E-state index < -0.39 is 11.8 Å². The lowest BCUT2D eigenvalue weighted by Crippen LogP contribution is -2.10. The third-order valence-corrected chi connectivity index (χ3v) is 1.87. The van der Waals surface area contributed by atoms with Crippen LogP contribution in [0.15, 0.2) is 42.6 Å². The maximum atomic E-state index is 13.2.